The molecule has 0 N–H and O–H groups in total. The third kappa shape index (κ3) is 3.47. The minimum Gasteiger partial charge on any atom is -0.295 e. The maximum atomic E-state index is 13.2. The molecule has 19 heavy (non-hydrogen) atoms. The van der Waals surface area contributed by atoms with Crippen molar-refractivity contribution >= 4 is 5.78 Å². The molecular weight excluding hydrogens is 246 g/mol. The van der Waals surface area contributed by atoms with Crippen LogP contribution in [-0.4, -0.2) is 5.78 Å². The summed E-state index contributed by atoms with van der Waals surface area (Å²) in [5, 5.41) is 0. The van der Waals surface area contributed by atoms with Gasteiger partial charge in [0, 0.05) is 5.56 Å². The first kappa shape index (κ1) is 13.4. The van der Waals surface area contributed by atoms with E-state index in [1.165, 1.54) is 37.3 Å². The van der Waals surface area contributed by atoms with Gasteiger partial charge in [-0.25, -0.2) is 8.78 Å². The molecule has 2 rings (SSSR count). The van der Waals surface area contributed by atoms with E-state index in [1.54, 1.807) is 12.1 Å². The maximum absolute atomic E-state index is 13.2. The number of halogens is 2. The number of ketones is 1. The van der Waals surface area contributed by atoms with Gasteiger partial charge in [-0.05, 0) is 61.2 Å². The molecule has 0 fully saturated rings. The normalized spacial score (nSPS) is 10.5. The van der Waals surface area contributed by atoms with E-state index in [0.29, 0.717) is 24.0 Å². The van der Waals surface area contributed by atoms with Crippen molar-refractivity contribution < 1.29 is 13.6 Å². The lowest BCUT2D eigenvalue weighted by Crippen LogP contribution is -2.02. The Balaban J connectivity index is 2.16. The van der Waals surface area contributed by atoms with Crippen LogP contribution in [-0.2, 0) is 12.8 Å². The Labute approximate surface area is 110 Å². The van der Waals surface area contributed by atoms with Gasteiger partial charge in [-0.3, -0.25) is 4.79 Å². The van der Waals surface area contributed by atoms with Crippen LogP contribution in [0, 0.1) is 11.6 Å². The molecule has 3 heteroatoms. The fourth-order valence-electron chi connectivity index (χ4n) is 2.04. The van der Waals surface area contributed by atoms with E-state index in [1.807, 2.05) is 0 Å². The van der Waals surface area contributed by atoms with Gasteiger partial charge in [0.05, 0.1) is 0 Å². The molecule has 0 saturated carbocycles. The third-order valence-corrected chi connectivity index (χ3v) is 3.04. The van der Waals surface area contributed by atoms with E-state index in [9.17, 15) is 13.6 Å². The molecule has 0 radical (unpaired) electrons. The van der Waals surface area contributed by atoms with Crippen LogP contribution in [0.4, 0.5) is 8.78 Å². The molecule has 0 amide bonds. The molecule has 0 heterocycles. The molecule has 0 bridgehead atoms. The van der Waals surface area contributed by atoms with Gasteiger partial charge in [0.15, 0.2) is 5.78 Å². The number of hydrogen-bond acceptors (Lipinski definition) is 1. The summed E-state index contributed by atoms with van der Waals surface area (Å²) in [4.78, 5) is 11.5. The molecule has 0 aliphatic heterocycles. The van der Waals surface area contributed by atoms with Gasteiger partial charge < -0.3 is 0 Å². The van der Waals surface area contributed by atoms with Gasteiger partial charge in [0.25, 0.3) is 0 Å². The number of carbonyl (C=O) groups is 1. The van der Waals surface area contributed by atoms with Crippen molar-refractivity contribution in [2.75, 3.05) is 0 Å². The smallest absolute Gasteiger partial charge is 0.160 e. The van der Waals surface area contributed by atoms with Crippen molar-refractivity contribution in [3.8, 4) is 0 Å². The van der Waals surface area contributed by atoms with E-state index in [0.717, 1.165) is 5.56 Å². The summed E-state index contributed by atoms with van der Waals surface area (Å²) in [6, 6.07) is 10.4. The second kappa shape index (κ2) is 5.74. The first-order chi connectivity index (χ1) is 9.06. The zero-order valence-electron chi connectivity index (χ0n) is 10.6. The van der Waals surface area contributed by atoms with Gasteiger partial charge >= 0.3 is 0 Å². The van der Waals surface area contributed by atoms with Crippen molar-refractivity contribution in [2.24, 2.45) is 0 Å². The van der Waals surface area contributed by atoms with Crippen molar-refractivity contribution in [3.63, 3.8) is 0 Å². The minimum atomic E-state index is -0.348. The number of Topliss-reactive ketones (excluding diaryl/α,β-unsaturated/α-hetero) is 1. The van der Waals surface area contributed by atoms with E-state index in [-0.39, 0.29) is 17.4 Å². The molecule has 0 aromatic heterocycles. The number of benzene rings is 2. The Bertz CT molecular complexity index is 588. The van der Waals surface area contributed by atoms with Crippen LogP contribution in [0.2, 0.25) is 0 Å². The van der Waals surface area contributed by atoms with Crippen molar-refractivity contribution in [1.82, 2.24) is 0 Å². The summed E-state index contributed by atoms with van der Waals surface area (Å²) in [6.07, 6.45) is 1.20. The second-order valence-corrected chi connectivity index (χ2v) is 4.48. The Kier molecular flexibility index (Phi) is 4.05. The van der Waals surface area contributed by atoms with Crippen molar-refractivity contribution in [2.45, 2.75) is 19.8 Å². The standard InChI is InChI=1S/C16H14F2O/c1-11(19)16-9-8-15(18)10-13(16)5-2-12-3-6-14(17)7-4-12/h3-4,6-10H,2,5H2,1H3. The van der Waals surface area contributed by atoms with Crippen LogP contribution in [0.3, 0.4) is 0 Å². The van der Waals surface area contributed by atoms with Crippen LogP contribution in [0.5, 0.6) is 0 Å². The number of hydrogen-bond donors (Lipinski definition) is 0. The lowest BCUT2D eigenvalue weighted by molar-refractivity contribution is 0.101. The fraction of sp³-hybridized carbons (Fsp3) is 0.188. The third-order valence-electron chi connectivity index (χ3n) is 3.04. The van der Waals surface area contributed by atoms with Crippen LogP contribution < -0.4 is 0 Å². The molecular formula is C16H14F2O. The van der Waals surface area contributed by atoms with E-state index >= 15 is 0 Å². The highest BCUT2D eigenvalue weighted by Gasteiger charge is 2.08. The molecule has 2 aromatic carbocycles. The van der Waals surface area contributed by atoms with Gasteiger partial charge in [-0.2, -0.15) is 0 Å². The van der Waals surface area contributed by atoms with E-state index in [4.69, 9.17) is 0 Å². The fourth-order valence-corrected chi connectivity index (χ4v) is 2.04. The monoisotopic (exact) mass is 260 g/mol. The van der Waals surface area contributed by atoms with E-state index < -0.39 is 0 Å². The molecule has 2 aromatic rings. The molecule has 0 spiro atoms. The van der Waals surface area contributed by atoms with Gasteiger partial charge in [0.2, 0.25) is 0 Å². The summed E-state index contributed by atoms with van der Waals surface area (Å²) in [5.74, 6) is -0.702. The molecule has 1 nitrogen and oxygen atoms in total. The predicted octanol–water partition coefficient (Wildman–Crippen LogP) is 3.95. The first-order valence-electron chi connectivity index (χ1n) is 6.10. The van der Waals surface area contributed by atoms with Crippen LogP contribution in [0.1, 0.15) is 28.4 Å². The largest absolute Gasteiger partial charge is 0.295 e. The zero-order chi connectivity index (χ0) is 13.8. The summed E-state index contributed by atoms with van der Waals surface area (Å²) < 4.78 is 26.0. The first-order valence-corrected chi connectivity index (χ1v) is 6.10. The molecule has 98 valence electrons. The van der Waals surface area contributed by atoms with Crippen LogP contribution >= 0.6 is 0 Å². The lowest BCUT2D eigenvalue weighted by atomic mass is 9.98. The molecule has 0 saturated heterocycles. The van der Waals surface area contributed by atoms with Crippen molar-refractivity contribution in [3.05, 3.63) is 70.8 Å². The zero-order valence-corrected chi connectivity index (χ0v) is 10.6. The highest BCUT2D eigenvalue weighted by Crippen LogP contribution is 2.15. The van der Waals surface area contributed by atoms with E-state index in [2.05, 4.69) is 0 Å². The maximum Gasteiger partial charge on any atom is 0.160 e. The number of rotatable bonds is 4. The summed E-state index contributed by atoms with van der Waals surface area (Å²) in [7, 11) is 0. The molecule has 0 aliphatic rings. The summed E-state index contributed by atoms with van der Waals surface area (Å²) in [5.41, 5.74) is 2.19. The van der Waals surface area contributed by atoms with Gasteiger partial charge in [-0.15, -0.1) is 0 Å². The van der Waals surface area contributed by atoms with Gasteiger partial charge in [-0.1, -0.05) is 12.1 Å². The SMILES string of the molecule is CC(=O)c1ccc(F)cc1CCc1ccc(F)cc1. The summed E-state index contributed by atoms with van der Waals surface area (Å²) in [6.45, 7) is 1.47. The topological polar surface area (TPSA) is 17.1 Å². The van der Waals surface area contributed by atoms with Crippen molar-refractivity contribution in [1.29, 1.82) is 0 Å². The molecule has 0 unspecified atom stereocenters. The number of carbonyl (C=O) groups excluding carboxylic acids is 1. The van der Waals surface area contributed by atoms with Crippen LogP contribution in [0.15, 0.2) is 42.5 Å². The predicted molar refractivity (Wildman–Crippen MR) is 70.2 cm³/mol. The Morgan fingerprint density at radius 2 is 1.58 bits per heavy atom. The average Bonchev–Trinajstić information content (AvgIpc) is 2.38. The Morgan fingerprint density at radius 3 is 2.21 bits per heavy atom. The second-order valence-electron chi connectivity index (χ2n) is 4.48. The van der Waals surface area contributed by atoms with Crippen LogP contribution in [0.25, 0.3) is 0 Å². The van der Waals surface area contributed by atoms with Gasteiger partial charge in [0.1, 0.15) is 11.6 Å². The highest BCUT2D eigenvalue weighted by molar-refractivity contribution is 5.95. The molecule has 0 aliphatic carbocycles. The molecule has 0 atom stereocenters. The number of aryl methyl sites for hydroxylation is 2. The highest BCUT2D eigenvalue weighted by atomic mass is 19.1. The Morgan fingerprint density at radius 1 is 0.947 bits per heavy atom. The Hall–Kier alpha value is -2.03. The minimum absolute atomic E-state index is 0.0749. The lowest BCUT2D eigenvalue weighted by Gasteiger charge is -2.07. The summed E-state index contributed by atoms with van der Waals surface area (Å²) >= 11 is 0. The average molecular weight is 260 g/mol. The quantitative estimate of drug-likeness (QED) is 0.761.